The molecule has 2 aromatic rings. The van der Waals surface area contributed by atoms with Crippen molar-refractivity contribution in [2.75, 3.05) is 20.0 Å². The molecule has 0 saturated carbocycles. The Hall–Kier alpha value is -1.85. The van der Waals surface area contributed by atoms with E-state index >= 15 is 0 Å². The molecule has 0 fully saturated rings. The SMILES string of the molecule is COc1ccc(SCC(=O)NCc2ccc(Cl)cc2)cc1OC. The van der Waals surface area contributed by atoms with Gasteiger partial charge in [-0.1, -0.05) is 23.7 Å². The van der Waals surface area contributed by atoms with Gasteiger partial charge in [-0.3, -0.25) is 4.79 Å². The first-order valence-electron chi connectivity index (χ1n) is 6.98. The summed E-state index contributed by atoms with van der Waals surface area (Å²) in [7, 11) is 3.18. The largest absolute Gasteiger partial charge is 0.493 e. The third-order valence-corrected chi connectivity index (χ3v) is 4.37. The van der Waals surface area contributed by atoms with Crippen LogP contribution in [0, 0.1) is 0 Å². The number of amides is 1. The molecule has 0 heterocycles. The number of nitrogens with one attached hydrogen (secondary N) is 1. The van der Waals surface area contributed by atoms with Crippen LogP contribution in [0.1, 0.15) is 5.56 Å². The minimum atomic E-state index is -0.0280. The van der Waals surface area contributed by atoms with Gasteiger partial charge in [0.25, 0.3) is 0 Å². The lowest BCUT2D eigenvalue weighted by Gasteiger charge is -2.09. The summed E-state index contributed by atoms with van der Waals surface area (Å²) in [6.45, 7) is 0.489. The molecule has 1 N–H and O–H groups in total. The van der Waals surface area contributed by atoms with Crippen LogP contribution < -0.4 is 14.8 Å². The molecule has 1 amide bonds. The molecule has 0 saturated heterocycles. The molecule has 2 rings (SSSR count). The van der Waals surface area contributed by atoms with Crippen molar-refractivity contribution >= 4 is 29.3 Å². The molecule has 0 spiro atoms. The van der Waals surface area contributed by atoms with E-state index in [0.29, 0.717) is 28.8 Å². The van der Waals surface area contributed by atoms with Crippen molar-refractivity contribution in [2.24, 2.45) is 0 Å². The van der Waals surface area contributed by atoms with Gasteiger partial charge in [0, 0.05) is 16.5 Å². The molecule has 6 heteroatoms. The van der Waals surface area contributed by atoms with E-state index in [-0.39, 0.29) is 5.91 Å². The number of rotatable bonds is 7. The summed E-state index contributed by atoms with van der Waals surface area (Å²) < 4.78 is 10.4. The van der Waals surface area contributed by atoms with Crippen LogP contribution in [-0.4, -0.2) is 25.9 Å². The second-order valence-corrected chi connectivity index (χ2v) is 6.19. The Kier molecular flexibility index (Phi) is 6.62. The quantitative estimate of drug-likeness (QED) is 0.771. The van der Waals surface area contributed by atoms with Gasteiger partial charge in [0.05, 0.1) is 20.0 Å². The van der Waals surface area contributed by atoms with E-state index < -0.39 is 0 Å². The lowest BCUT2D eigenvalue weighted by molar-refractivity contribution is -0.118. The van der Waals surface area contributed by atoms with Crippen LogP contribution in [0.2, 0.25) is 5.02 Å². The lowest BCUT2D eigenvalue weighted by Crippen LogP contribution is -2.24. The van der Waals surface area contributed by atoms with Crippen molar-refractivity contribution in [3.63, 3.8) is 0 Å². The molecule has 0 radical (unpaired) electrons. The van der Waals surface area contributed by atoms with Crippen molar-refractivity contribution in [3.8, 4) is 11.5 Å². The topological polar surface area (TPSA) is 47.6 Å². The van der Waals surface area contributed by atoms with Gasteiger partial charge in [0.1, 0.15) is 0 Å². The van der Waals surface area contributed by atoms with E-state index in [9.17, 15) is 4.79 Å². The third kappa shape index (κ3) is 5.37. The first kappa shape index (κ1) is 17.5. The number of hydrogen-bond donors (Lipinski definition) is 1. The maximum atomic E-state index is 11.9. The van der Waals surface area contributed by atoms with Crippen LogP contribution in [-0.2, 0) is 11.3 Å². The number of thioether (sulfide) groups is 1. The van der Waals surface area contributed by atoms with Gasteiger partial charge in [0.2, 0.25) is 5.91 Å². The first-order chi connectivity index (χ1) is 11.1. The van der Waals surface area contributed by atoms with E-state index in [2.05, 4.69) is 5.32 Å². The average Bonchev–Trinajstić information content (AvgIpc) is 2.59. The van der Waals surface area contributed by atoms with Gasteiger partial charge < -0.3 is 14.8 Å². The van der Waals surface area contributed by atoms with Crippen LogP contribution in [0.5, 0.6) is 11.5 Å². The predicted molar refractivity (Wildman–Crippen MR) is 93.6 cm³/mol. The van der Waals surface area contributed by atoms with Crippen molar-refractivity contribution < 1.29 is 14.3 Å². The summed E-state index contributed by atoms with van der Waals surface area (Å²) >= 11 is 7.27. The van der Waals surface area contributed by atoms with Crippen molar-refractivity contribution in [2.45, 2.75) is 11.4 Å². The zero-order valence-electron chi connectivity index (χ0n) is 13.0. The molecule has 0 unspecified atom stereocenters. The maximum absolute atomic E-state index is 11.9. The number of halogens is 1. The Balaban J connectivity index is 1.83. The molecular weight excluding hydrogens is 334 g/mol. The normalized spacial score (nSPS) is 10.2. The highest BCUT2D eigenvalue weighted by Gasteiger charge is 2.07. The van der Waals surface area contributed by atoms with Gasteiger partial charge in [-0.2, -0.15) is 0 Å². The fourth-order valence-corrected chi connectivity index (χ4v) is 2.79. The van der Waals surface area contributed by atoms with Crippen LogP contribution in [0.3, 0.4) is 0 Å². The van der Waals surface area contributed by atoms with Gasteiger partial charge in [-0.05, 0) is 35.9 Å². The highest BCUT2D eigenvalue weighted by Crippen LogP contribution is 2.31. The molecule has 23 heavy (non-hydrogen) atoms. The van der Waals surface area contributed by atoms with Crippen molar-refractivity contribution in [1.82, 2.24) is 5.32 Å². The Bertz CT molecular complexity index is 661. The molecule has 0 aliphatic rings. The highest BCUT2D eigenvalue weighted by atomic mass is 35.5. The number of carbonyl (C=O) groups is 1. The number of hydrogen-bond acceptors (Lipinski definition) is 4. The smallest absolute Gasteiger partial charge is 0.230 e. The standard InChI is InChI=1S/C17H18ClNO3S/c1-21-15-8-7-14(9-16(15)22-2)23-11-17(20)19-10-12-3-5-13(18)6-4-12/h3-9H,10-11H2,1-2H3,(H,19,20). The number of benzene rings is 2. The van der Waals surface area contributed by atoms with Crippen LogP contribution in [0.4, 0.5) is 0 Å². The number of carbonyl (C=O) groups excluding carboxylic acids is 1. The summed E-state index contributed by atoms with van der Waals surface area (Å²) in [5.41, 5.74) is 1.01. The average molecular weight is 352 g/mol. The van der Waals surface area contributed by atoms with Gasteiger partial charge in [-0.15, -0.1) is 11.8 Å². The summed E-state index contributed by atoms with van der Waals surface area (Å²) in [6, 6.07) is 13.0. The second-order valence-electron chi connectivity index (χ2n) is 4.71. The van der Waals surface area contributed by atoms with E-state index in [1.54, 1.807) is 26.4 Å². The van der Waals surface area contributed by atoms with Gasteiger partial charge in [-0.25, -0.2) is 0 Å². The van der Waals surface area contributed by atoms with Crippen molar-refractivity contribution in [1.29, 1.82) is 0 Å². The Morgan fingerprint density at radius 2 is 1.78 bits per heavy atom. The van der Waals surface area contributed by atoms with Crippen LogP contribution in [0.15, 0.2) is 47.4 Å². The van der Waals surface area contributed by atoms with E-state index in [0.717, 1.165) is 10.5 Å². The van der Waals surface area contributed by atoms with Crippen LogP contribution >= 0.6 is 23.4 Å². The fraction of sp³-hybridized carbons (Fsp3) is 0.235. The molecule has 0 bridgehead atoms. The third-order valence-electron chi connectivity index (χ3n) is 3.13. The molecular formula is C17H18ClNO3S. The molecule has 0 aromatic heterocycles. The molecule has 2 aromatic carbocycles. The Morgan fingerprint density at radius 3 is 2.43 bits per heavy atom. The Morgan fingerprint density at radius 1 is 1.09 bits per heavy atom. The summed E-state index contributed by atoms with van der Waals surface area (Å²) in [5, 5.41) is 3.57. The minimum Gasteiger partial charge on any atom is -0.493 e. The summed E-state index contributed by atoms with van der Waals surface area (Å²) in [6.07, 6.45) is 0. The maximum Gasteiger partial charge on any atom is 0.230 e. The second kappa shape index (κ2) is 8.70. The molecule has 122 valence electrons. The first-order valence-corrected chi connectivity index (χ1v) is 8.34. The molecule has 0 atom stereocenters. The highest BCUT2D eigenvalue weighted by molar-refractivity contribution is 8.00. The lowest BCUT2D eigenvalue weighted by atomic mass is 10.2. The number of methoxy groups -OCH3 is 2. The Labute approximate surface area is 145 Å². The zero-order valence-corrected chi connectivity index (χ0v) is 14.5. The van der Waals surface area contributed by atoms with Crippen molar-refractivity contribution in [3.05, 3.63) is 53.1 Å². The predicted octanol–water partition coefficient (Wildman–Crippen LogP) is 3.77. The minimum absolute atomic E-state index is 0.0280. The summed E-state index contributed by atoms with van der Waals surface area (Å²) in [4.78, 5) is 12.9. The summed E-state index contributed by atoms with van der Waals surface area (Å²) in [5.74, 6) is 1.63. The number of ether oxygens (including phenoxy) is 2. The zero-order chi connectivity index (χ0) is 16.7. The molecule has 0 aliphatic heterocycles. The van der Waals surface area contributed by atoms with Crippen LogP contribution in [0.25, 0.3) is 0 Å². The monoisotopic (exact) mass is 351 g/mol. The van der Waals surface area contributed by atoms with Gasteiger partial charge >= 0.3 is 0 Å². The van der Waals surface area contributed by atoms with E-state index in [4.69, 9.17) is 21.1 Å². The molecule has 4 nitrogen and oxygen atoms in total. The van der Waals surface area contributed by atoms with E-state index in [1.165, 1.54) is 11.8 Å². The molecule has 0 aliphatic carbocycles. The fourth-order valence-electron chi connectivity index (χ4n) is 1.91. The van der Waals surface area contributed by atoms with E-state index in [1.807, 2.05) is 30.3 Å². The van der Waals surface area contributed by atoms with Gasteiger partial charge in [0.15, 0.2) is 11.5 Å².